The van der Waals surface area contributed by atoms with Gasteiger partial charge in [0.25, 0.3) is 5.91 Å². The number of ether oxygens (including phenoxy) is 1. The van der Waals surface area contributed by atoms with Gasteiger partial charge in [-0.2, -0.15) is 0 Å². The van der Waals surface area contributed by atoms with E-state index < -0.39 is 0 Å². The molecule has 7 heteroatoms. The van der Waals surface area contributed by atoms with Crippen molar-refractivity contribution >= 4 is 5.91 Å². The number of para-hydroxylation sites is 2. The molecular formula is C34H32N4O3. The fraction of sp³-hybridized carbons (Fsp3) is 0.176. The van der Waals surface area contributed by atoms with E-state index in [0.717, 1.165) is 28.1 Å². The normalized spacial score (nSPS) is 13.2. The lowest BCUT2D eigenvalue weighted by Gasteiger charge is -2.28. The number of aryl methyl sites for hydroxylation is 1. The first kappa shape index (κ1) is 26.3. The van der Waals surface area contributed by atoms with Crippen LogP contribution in [0.15, 0.2) is 114 Å². The number of carbonyl (C=O) groups excluding carboxylic acids is 1. The van der Waals surface area contributed by atoms with E-state index in [4.69, 9.17) is 4.74 Å². The molecule has 5 aromatic rings. The van der Waals surface area contributed by atoms with Crippen LogP contribution < -0.4 is 15.7 Å². The summed E-state index contributed by atoms with van der Waals surface area (Å²) in [5.41, 5.74) is 4.11. The molecule has 6 rings (SSSR count). The van der Waals surface area contributed by atoms with E-state index in [0.29, 0.717) is 43.3 Å². The molecule has 0 unspecified atom stereocenters. The van der Waals surface area contributed by atoms with E-state index in [2.05, 4.69) is 5.32 Å². The third kappa shape index (κ3) is 5.44. The summed E-state index contributed by atoms with van der Waals surface area (Å²) in [7, 11) is 0. The van der Waals surface area contributed by atoms with Crippen LogP contribution in [0.25, 0.3) is 16.9 Å². The Bertz CT molecular complexity index is 1720. The van der Waals surface area contributed by atoms with E-state index in [1.807, 2.05) is 121 Å². The summed E-state index contributed by atoms with van der Waals surface area (Å²) in [5.74, 6) is 1.25. The van der Waals surface area contributed by atoms with Crippen LogP contribution in [0, 0.1) is 6.92 Å². The molecule has 1 saturated heterocycles. The number of rotatable bonds is 7. The van der Waals surface area contributed by atoms with Crippen molar-refractivity contribution in [3.63, 3.8) is 0 Å². The Balaban J connectivity index is 1.53. The highest BCUT2D eigenvalue weighted by Gasteiger charge is 2.31. The SMILES string of the molecule is Cc1ccccc1-n1c(-c2ccccc2)c(C(=O)N2CCNCC2)n(Cc2cccc(Oc3ccccc3)c2)c1=O. The number of hydrogen-bond acceptors (Lipinski definition) is 4. The van der Waals surface area contributed by atoms with Crippen LogP contribution in [0.1, 0.15) is 21.6 Å². The van der Waals surface area contributed by atoms with Crippen LogP contribution in [-0.4, -0.2) is 46.1 Å². The lowest BCUT2D eigenvalue weighted by atomic mass is 10.1. The monoisotopic (exact) mass is 544 g/mol. The summed E-state index contributed by atoms with van der Waals surface area (Å²) in [6.07, 6.45) is 0. The van der Waals surface area contributed by atoms with Crippen molar-refractivity contribution in [3.05, 3.63) is 136 Å². The van der Waals surface area contributed by atoms with Gasteiger partial charge >= 0.3 is 5.69 Å². The third-order valence-electron chi connectivity index (χ3n) is 7.37. The molecule has 1 amide bonds. The molecule has 41 heavy (non-hydrogen) atoms. The van der Waals surface area contributed by atoms with Crippen molar-refractivity contribution < 1.29 is 9.53 Å². The standard InChI is InChI=1S/C34H32N4O3/c1-25-11-8-9-18-30(25)38-31(27-13-4-2-5-14-27)32(33(39)36-21-19-35-20-22-36)37(34(38)40)24-26-12-10-17-29(23-26)41-28-15-6-3-7-16-28/h2-18,23,35H,19-22,24H2,1H3. The Labute approximate surface area is 239 Å². The molecule has 2 heterocycles. The van der Waals surface area contributed by atoms with Crippen LogP contribution in [0.4, 0.5) is 0 Å². The quantitative estimate of drug-likeness (QED) is 0.294. The number of imidazole rings is 1. The number of carbonyl (C=O) groups is 1. The number of amides is 1. The largest absolute Gasteiger partial charge is 0.457 e. The topological polar surface area (TPSA) is 68.5 Å². The number of nitrogens with one attached hydrogen (secondary N) is 1. The highest BCUT2D eigenvalue weighted by Crippen LogP contribution is 2.30. The smallest absolute Gasteiger partial charge is 0.334 e. The summed E-state index contributed by atoms with van der Waals surface area (Å²) in [4.78, 5) is 30.5. The summed E-state index contributed by atoms with van der Waals surface area (Å²) in [5, 5.41) is 3.32. The minimum absolute atomic E-state index is 0.147. The zero-order chi connectivity index (χ0) is 28.2. The molecule has 4 aromatic carbocycles. The minimum atomic E-state index is -0.258. The van der Waals surface area contributed by atoms with Gasteiger partial charge < -0.3 is 15.0 Å². The molecule has 0 saturated carbocycles. The van der Waals surface area contributed by atoms with Crippen molar-refractivity contribution in [2.45, 2.75) is 13.5 Å². The molecule has 206 valence electrons. The summed E-state index contributed by atoms with van der Waals surface area (Å²) in [6.45, 7) is 4.79. The van der Waals surface area contributed by atoms with Crippen LogP contribution in [0.2, 0.25) is 0 Å². The highest BCUT2D eigenvalue weighted by molar-refractivity contribution is 5.99. The molecular weight excluding hydrogens is 512 g/mol. The number of benzene rings is 4. The van der Waals surface area contributed by atoms with Gasteiger partial charge in [0.1, 0.15) is 17.2 Å². The van der Waals surface area contributed by atoms with Crippen molar-refractivity contribution in [2.75, 3.05) is 26.2 Å². The van der Waals surface area contributed by atoms with Crippen molar-refractivity contribution in [1.82, 2.24) is 19.4 Å². The molecule has 0 atom stereocenters. The first-order valence-electron chi connectivity index (χ1n) is 13.9. The summed E-state index contributed by atoms with van der Waals surface area (Å²) in [6, 6.07) is 34.8. The highest BCUT2D eigenvalue weighted by atomic mass is 16.5. The van der Waals surface area contributed by atoms with Crippen LogP contribution in [-0.2, 0) is 6.54 Å². The van der Waals surface area contributed by atoms with Crippen molar-refractivity contribution in [3.8, 4) is 28.4 Å². The van der Waals surface area contributed by atoms with Gasteiger partial charge in [-0.1, -0.05) is 78.9 Å². The molecule has 1 aromatic heterocycles. The average molecular weight is 545 g/mol. The maximum absolute atomic E-state index is 14.4. The predicted molar refractivity (Wildman–Crippen MR) is 161 cm³/mol. The first-order chi connectivity index (χ1) is 20.1. The zero-order valence-electron chi connectivity index (χ0n) is 23.0. The van der Waals surface area contributed by atoms with E-state index in [1.165, 1.54) is 0 Å². The molecule has 7 nitrogen and oxygen atoms in total. The van der Waals surface area contributed by atoms with E-state index >= 15 is 0 Å². The van der Waals surface area contributed by atoms with Gasteiger partial charge in [-0.15, -0.1) is 0 Å². The Morgan fingerprint density at radius 3 is 2.20 bits per heavy atom. The molecule has 0 spiro atoms. The summed E-state index contributed by atoms with van der Waals surface area (Å²) >= 11 is 0. The molecule has 1 N–H and O–H groups in total. The van der Waals surface area contributed by atoms with Gasteiger partial charge in [-0.25, -0.2) is 4.79 Å². The van der Waals surface area contributed by atoms with Gasteiger partial charge in [-0.3, -0.25) is 13.9 Å². The molecule has 1 fully saturated rings. The lowest BCUT2D eigenvalue weighted by Crippen LogP contribution is -2.47. The Morgan fingerprint density at radius 1 is 0.805 bits per heavy atom. The average Bonchev–Trinajstić information content (AvgIpc) is 3.30. The van der Waals surface area contributed by atoms with Gasteiger partial charge in [0.2, 0.25) is 0 Å². The van der Waals surface area contributed by atoms with Gasteiger partial charge in [-0.05, 0) is 48.4 Å². The predicted octanol–water partition coefficient (Wildman–Crippen LogP) is 5.50. The zero-order valence-corrected chi connectivity index (χ0v) is 23.0. The molecule has 0 aliphatic carbocycles. The Kier molecular flexibility index (Phi) is 7.52. The fourth-order valence-corrected chi connectivity index (χ4v) is 5.34. The molecule has 1 aliphatic heterocycles. The number of piperazine rings is 1. The molecule has 0 radical (unpaired) electrons. The number of hydrogen-bond donors (Lipinski definition) is 1. The van der Waals surface area contributed by atoms with Crippen LogP contribution in [0.3, 0.4) is 0 Å². The van der Waals surface area contributed by atoms with E-state index in [1.54, 1.807) is 9.13 Å². The fourth-order valence-electron chi connectivity index (χ4n) is 5.34. The third-order valence-corrected chi connectivity index (χ3v) is 7.37. The Morgan fingerprint density at radius 2 is 1.46 bits per heavy atom. The molecule has 0 bridgehead atoms. The molecule has 1 aliphatic rings. The van der Waals surface area contributed by atoms with Gasteiger partial charge in [0.15, 0.2) is 0 Å². The van der Waals surface area contributed by atoms with Gasteiger partial charge in [0.05, 0.1) is 17.9 Å². The maximum Gasteiger partial charge on any atom is 0.334 e. The van der Waals surface area contributed by atoms with Crippen LogP contribution >= 0.6 is 0 Å². The minimum Gasteiger partial charge on any atom is -0.457 e. The van der Waals surface area contributed by atoms with E-state index in [-0.39, 0.29) is 18.1 Å². The number of nitrogens with zero attached hydrogens (tertiary/aromatic N) is 3. The van der Waals surface area contributed by atoms with E-state index in [9.17, 15) is 9.59 Å². The Hall–Kier alpha value is -4.88. The second kappa shape index (κ2) is 11.7. The summed E-state index contributed by atoms with van der Waals surface area (Å²) < 4.78 is 9.39. The number of aromatic nitrogens is 2. The van der Waals surface area contributed by atoms with Gasteiger partial charge in [0, 0.05) is 31.7 Å². The second-order valence-corrected chi connectivity index (χ2v) is 10.2. The van der Waals surface area contributed by atoms with Crippen LogP contribution in [0.5, 0.6) is 11.5 Å². The van der Waals surface area contributed by atoms with Crippen molar-refractivity contribution in [1.29, 1.82) is 0 Å². The lowest BCUT2D eigenvalue weighted by molar-refractivity contribution is 0.0726. The van der Waals surface area contributed by atoms with Crippen molar-refractivity contribution in [2.24, 2.45) is 0 Å². The second-order valence-electron chi connectivity index (χ2n) is 10.2. The first-order valence-corrected chi connectivity index (χ1v) is 13.9. The maximum atomic E-state index is 14.4.